The molecule has 7 nitrogen and oxygen atoms in total. The largest absolute Gasteiger partial charge is 0.482 e. The topological polar surface area (TPSA) is 92.4 Å². The molecule has 3 N–H and O–H groups in total. The molecule has 0 bridgehead atoms. The van der Waals surface area contributed by atoms with Gasteiger partial charge in [-0.15, -0.1) is 0 Å². The molecule has 0 aliphatic carbocycles. The molecule has 0 fully saturated rings. The third kappa shape index (κ3) is 4.06. The Labute approximate surface area is 145 Å². The molecule has 3 rings (SSSR count). The Bertz CT molecular complexity index is 779. The Hall–Kier alpha value is -3.09. The van der Waals surface area contributed by atoms with E-state index in [0.717, 1.165) is 11.1 Å². The van der Waals surface area contributed by atoms with E-state index in [1.165, 1.54) is 0 Å². The first-order chi connectivity index (χ1) is 12.0. The lowest BCUT2D eigenvalue weighted by atomic mass is 10.1. The van der Waals surface area contributed by atoms with E-state index >= 15 is 0 Å². The highest BCUT2D eigenvalue weighted by atomic mass is 16.5. The van der Waals surface area contributed by atoms with Crippen molar-refractivity contribution in [3.05, 3.63) is 53.9 Å². The molecule has 0 spiro atoms. The quantitative estimate of drug-likeness (QED) is 0.797. The summed E-state index contributed by atoms with van der Waals surface area (Å²) >= 11 is 0. The summed E-state index contributed by atoms with van der Waals surface area (Å²) in [5.74, 6) is 0.443. The van der Waals surface area contributed by atoms with Crippen LogP contribution in [0.2, 0.25) is 0 Å². The fourth-order valence-electron chi connectivity index (χ4n) is 2.60. The lowest BCUT2D eigenvalue weighted by Gasteiger charge is -2.22. The molecule has 0 saturated carbocycles. The van der Waals surface area contributed by atoms with Gasteiger partial charge in [-0.1, -0.05) is 12.1 Å². The van der Waals surface area contributed by atoms with Gasteiger partial charge in [-0.3, -0.25) is 9.78 Å². The van der Waals surface area contributed by atoms with E-state index < -0.39 is 0 Å². The van der Waals surface area contributed by atoms with Gasteiger partial charge in [0.25, 0.3) is 5.91 Å². The molecule has 3 amide bonds. The fourth-order valence-corrected chi connectivity index (χ4v) is 2.60. The Morgan fingerprint density at radius 3 is 2.68 bits per heavy atom. The van der Waals surface area contributed by atoms with Gasteiger partial charge in [-0.2, -0.15) is 0 Å². The summed E-state index contributed by atoms with van der Waals surface area (Å²) in [7, 11) is 0. The van der Waals surface area contributed by atoms with Crippen molar-refractivity contribution in [3.63, 3.8) is 0 Å². The lowest BCUT2D eigenvalue weighted by Crippen LogP contribution is -2.38. The molecule has 130 valence electrons. The molecule has 7 heteroatoms. The molecular formula is C18H20N4O3. The van der Waals surface area contributed by atoms with Gasteiger partial charge in [-0.05, 0) is 43.2 Å². The number of amides is 3. The van der Waals surface area contributed by atoms with Gasteiger partial charge >= 0.3 is 6.03 Å². The molecule has 1 aliphatic rings. The van der Waals surface area contributed by atoms with Gasteiger partial charge < -0.3 is 20.7 Å². The van der Waals surface area contributed by atoms with E-state index in [1.807, 2.05) is 38.1 Å². The van der Waals surface area contributed by atoms with Gasteiger partial charge in [-0.25, -0.2) is 4.79 Å². The van der Waals surface area contributed by atoms with Crippen molar-refractivity contribution in [2.75, 3.05) is 11.9 Å². The van der Waals surface area contributed by atoms with Crippen molar-refractivity contribution < 1.29 is 14.3 Å². The van der Waals surface area contributed by atoms with Crippen LogP contribution in [-0.2, 0) is 4.79 Å². The monoisotopic (exact) mass is 340 g/mol. The number of anilines is 1. The van der Waals surface area contributed by atoms with E-state index in [2.05, 4.69) is 20.9 Å². The maximum Gasteiger partial charge on any atom is 0.315 e. The summed E-state index contributed by atoms with van der Waals surface area (Å²) in [4.78, 5) is 27.7. The van der Waals surface area contributed by atoms with Crippen molar-refractivity contribution in [1.82, 2.24) is 15.6 Å². The number of carbonyl (C=O) groups is 2. The number of nitrogens with one attached hydrogen (secondary N) is 3. The number of aromatic nitrogens is 1. The van der Waals surface area contributed by atoms with Gasteiger partial charge in [0, 0.05) is 12.4 Å². The Morgan fingerprint density at radius 2 is 1.96 bits per heavy atom. The van der Waals surface area contributed by atoms with Crippen LogP contribution < -0.4 is 20.7 Å². The SMILES string of the molecule is C[C@@H](NC(=O)N[C@H](C)c1ccc2c(c1)NC(=O)CO2)c1cccnc1. The smallest absolute Gasteiger partial charge is 0.315 e. The number of benzene rings is 1. The van der Waals surface area contributed by atoms with Crippen LogP contribution in [-0.4, -0.2) is 23.5 Å². The van der Waals surface area contributed by atoms with Crippen LogP contribution in [0.3, 0.4) is 0 Å². The van der Waals surface area contributed by atoms with Crippen molar-refractivity contribution in [2.45, 2.75) is 25.9 Å². The molecule has 25 heavy (non-hydrogen) atoms. The third-order valence-electron chi connectivity index (χ3n) is 4.02. The molecule has 2 heterocycles. The normalized spacial score (nSPS) is 15.2. The van der Waals surface area contributed by atoms with Crippen LogP contribution in [0.5, 0.6) is 5.75 Å². The highest BCUT2D eigenvalue weighted by Crippen LogP contribution is 2.30. The van der Waals surface area contributed by atoms with Gasteiger partial charge in [0.1, 0.15) is 5.75 Å². The van der Waals surface area contributed by atoms with Crippen LogP contribution in [0, 0.1) is 0 Å². The molecule has 0 unspecified atom stereocenters. The number of carbonyl (C=O) groups excluding carboxylic acids is 2. The van der Waals surface area contributed by atoms with E-state index in [9.17, 15) is 9.59 Å². The van der Waals surface area contributed by atoms with Crippen LogP contribution in [0.4, 0.5) is 10.5 Å². The summed E-state index contributed by atoms with van der Waals surface area (Å²) in [5.41, 5.74) is 2.42. The minimum absolute atomic E-state index is 0.0226. The molecule has 1 aromatic heterocycles. The summed E-state index contributed by atoms with van der Waals surface area (Å²) in [6.45, 7) is 3.80. The predicted octanol–water partition coefficient (Wildman–Crippen LogP) is 2.53. The number of ether oxygens (including phenoxy) is 1. The number of fused-ring (bicyclic) bond motifs is 1. The second-order valence-corrected chi connectivity index (χ2v) is 5.94. The first-order valence-electron chi connectivity index (χ1n) is 8.06. The summed E-state index contributed by atoms with van der Waals surface area (Å²) in [6.07, 6.45) is 3.41. The van der Waals surface area contributed by atoms with E-state index in [1.54, 1.807) is 18.5 Å². The van der Waals surface area contributed by atoms with Gasteiger partial charge in [0.2, 0.25) is 0 Å². The highest BCUT2D eigenvalue weighted by Gasteiger charge is 2.18. The number of pyridine rings is 1. The van der Waals surface area contributed by atoms with Crippen LogP contribution >= 0.6 is 0 Å². The van der Waals surface area contributed by atoms with Crippen molar-refractivity contribution >= 4 is 17.6 Å². The molecule has 0 saturated heterocycles. The predicted molar refractivity (Wildman–Crippen MR) is 93.3 cm³/mol. The first kappa shape index (κ1) is 16.8. The fraction of sp³-hybridized carbons (Fsp3) is 0.278. The van der Waals surface area contributed by atoms with Crippen molar-refractivity contribution in [2.24, 2.45) is 0 Å². The molecular weight excluding hydrogens is 320 g/mol. The average molecular weight is 340 g/mol. The second kappa shape index (κ2) is 7.21. The molecule has 2 atom stereocenters. The Kier molecular flexibility index (Phi) is 4.83. The lowest BCUT2D eigenvalue weighted by molar-refractivity contribution is -0.118. The first-order valence-corrected chi connectivity index (χ1v) is 8.06. The zero-order chi connectivity index (χ0) is 17.8. The third-order valence-corrected chi connectivity index (χ3v) is 4.02. The van der Waals surface area contributed by atoms with Crippen molar-refractivity contribution in [1.29, 1.82) is 0 Å². The average Bonchev–Trinajstić information content (AvgIpc) is 2.61. The molecule has 0 radical (unpaired) electrons. The highest BCUT2D eigenvalue weighted by molar-refractivity contribution is 5.95. The Balaban J connectivity index is 1.62. The summed E-state index contributed by atoms with van der Waals surface area (Å²) < 4.78 is 5.34. The van der Waals surface area contributed by atoms with Crippen molar-refractivity contribution in [3.8, 4) is 5.75 Å². The zero-order valence-corrected chi connectivity index (χ0v) is 14.1. The van der Waals surface area contributed by atoms with Gasteiger partial charge in [0.15, 0.2) is 6.61 Å². The number of hydrogen-bond donors (Lipinski definition) is 3. The minimum Gasteiger partial charge on any atom is -0.482 e. The summed E-state index contributed by atoms with van der Waals surface area (Å²) in [6, 6.07) is 8.54. The summed E-state index contributed by atoms with van der Waals surface area (Å²) in [5, 5.41) is 8.54. The Morgan fingerprint density at radius 1 is 1.20 bits per heavy atom. The number of hydrogen-bond acceptors (Lipinski definition) is 4. The van der Waals surface area contributed by atoms with Crippen LogP contribution in [0.25, 0.3) is 0 Å². The van der Waals surface area contributed by atoms with E-state index in [0.29, 0.717) is 11.4 Å². The number of rotatable bonds is 4. The maximum absolute atomic E-state index is 12.2. The van der Waals surface area contributed by atoms with E-state index in [4.69, 9.17) is 4.74 Å². The number of urea groups is 1. The zero-order valence-electron chi connectivity index (χ0n) is 14.1. The van der Waals surface area contributed by atoms with Gasteiger partial charge in [0.05, 0.1) is 17.8 Å². The standard InChI is InChI=1S/C18H20N4O3/c1-11(13-5-6-16-15(8-13)22-17(23)10-25-16)20-18(24)21-12(2)14-4-3-7-19-9-14/h3-9,11-12H,10H2,1-2H3,(H,22,23)(H2,20,21,24)/t11-,12-/m1/s1. The maximum atomic E-state index is 12.2. The molecule has 1 aliphatic heterocycles. The van der Waals surface area contributed by atoms with E-state index in [-0.39, 0.29) is 30.6 Å². The second-order valence-electron chi connectivity index (χ2n) is 5.94. The van der Waals surface area contributed by atoms with Crippen LogP contribution in [0.15, 0.2) is 42.7 Å². The van der Waals surface area contributed by atoms with Crippen LogP contribution in [0.1, 0.15) is 37.1 Å². The number of nitrogens with zero attached hydrogens (tertiary/aromatic N) is 1. The minimum atomic E-state index is -0.276. The molecule has 2 aromatic rings. The molecule has 1 aromatic carbocycles.